The molecule has 106 valence electrons. The smallest absolute Gasteiger partial charge is 0.142 e. The number of hydrogen-bond acceptors (Lipinski definition) is 2. The maximum Gasteiger partial charge on any atom is 0.142 e. The molecule has 1 atom stereocenters. The highest BCUT2D eigenvalue weighted by molar-refractivity contribution is 6.31. The van der Waals surface area contributed by atoms with E-state index in [2.05, 4.69) is 5.32 Å². The van der Waals surface area contributed by atoms with Crippen LogP contribution in [0.5, 0.6) is 5.75 Å². The predicted octanol–water partition coefficient (Wildman–Crippen LogP) is 3.99. The van der Waals surface area contributed by atoms with Crippen molar-refractivity contribution in [3.63, 3.8) is 0 Å². The van der Waals surface area contributed by atoms with Crippen molar-refractivity contribution in [3.05, 3.63) is 64.4 Å². The first-order valence-electron chi connectivity index (χ1n) is 6.40. The van der Waals surface area contributed by atoms with Crippen LogP contribution in [-0.4, -0.2) is 14.2 Å². The molecule has 0 aromatic heterocycles. The van der Waals surface area contributed by atoms with E-state index in [9.17, 15) is 4.39 Å². The Morgan fingerprint density at radius 3 is 2.65 bits per heavy atom. The lowest BCUT2D eigenvalue weighted by Crippen LogP contribution is -2.19. The Bertz CT molecular complexity index is 588. The van der Waals surface area contributed by atoms with Gasteiger partial charge in [-0.3, -0.25) is 0 Å². The zero-order valence-corrected chi connectivity index (χ0v) is 12.2. The minimum absolute atomic E-state index is 0.00505. The number of halogens is 2. The van der Waals surface area contributed by atoms with Gasteiger partial charge in [-0.1, -0.05) is 41.9 Å². The van der Waals surface area contributed by atoms with Gasteiger partial charge in [-0.2, -0.15) is 0 Å². The SMILES string of the molecule is CNC(Cc1cccc(F)c1Cl)c1ccccc1OC. The van der Waals surface area contributed by atoms with E-state index < -0.39 is 0 Å². The second kappa shape index (κ2) is 6.73. The molecule has 0 saturated carbocycles. The summed E-state index contributed by atoms with van der Waals surface area (Å²) in [6.45, 7) is 0. The largest absolute Gasteiger partial charge is 0.496 e. The Morgan fingerprint density at radius 1 is 1.20 bits per heavy atom. The fourth-order valence-electron chi connectivity index (χ4n) is 2.25. The number of benzene rings is 2. The van der Waals surface area contributed by atoms with Crippen LogP contribution in [-0.2, 0) is 6.42 Å². The molecule has 0 aliphatic heterocycles. The van der Waals surface area contributed by atoms with Gasteiger partial charge in [-0.15, -0.1) is 0 Å². The third kappa shape index (κ3) is 3.11. The van der Waals surface area contributed by atoms with Crippen molar-refractivity contribution in [1.82, 2.24) is 5.32 Å². The van der Waals surface area contributed by atoms with E-state index in [1.807, 2.05) is 37.4 Å². The van der Waals surface area contributed by atoms with Gasteiger partial charge in [0, 0.05) is 11.6 Å². The monoisotopic (exact) mass is 293 g/mol. The van der Waals surface area contributed by atoms with Gasteiger partial charge in [-0.05, 0) is 31.2 Å². The van der Waals surface area contributed by atoms with Crippen molar-refractivity contribution in [2.24, 2.45) is 0 Å². The average molecular weight is 294 g/mol. The predicted molar refractivity (Wildman–Crippen MR) is 79.9 cm³/mol. The molecule has 20 heavy (non-hydrogen) atoms. The number of methoxy groups -OCH3 is 1. The number of hydrogen-bond donors (Lipinski definition) is 1. The summed E-state index contributed by atoms with van der Waals surface area (Å²) in [6.07, 6.45) is 0.591. The highest BCUT2D eigenvalue weighted by atomic mass is 35.5. The molecule has 2 aromatic carbocycles. The topological polar surface area (TPSA) is 21.3 Å². The van der Waals surface area contributed by atoms with Gasteiger partial charge in [0.2, 0.25) is 0 Å². The van der Waals surface area contributed by atoms with Crippen LogP contribution in [0.2, 0.25) is 5.02 Å². The summed E-state index contributed by atoms with van der Waals surface area (Å²) in [7, 11) is 3.50. The van der Waals surface area contributed by atoms with Crippen LogP contribution in [0.3, 0.4) is 0 Å². The fourth-order valence-corrected chi connectivity index (χ4v) is 2.45. The number of ether oxygens (including phenoxy) is 1. The third-order valence-electron chi connectivity index (χ3n) is 3.32. The lowest BCUT2D eigenvalue weighted by Gasteiger charge is -2.20. The summed E-state index contributed by atoms with van der Waals surface area (Å²) < 4.78 is 18.9. The zero-order chi connectivity index (χ0) is 14.5. The van der Waals surface area contributed by atoms with Crippen LogP contribution in [0.4, 0.5) is 4.39 Å². The molecule has 4 heteroatoms. The molecule has 2 nitrogen and oxygen atoms in total. The zero-order valence-electron chi connectivity index (χ0n) is 11.5. The number of nitrogens with one attached hydrogen (secondary N) is 1. The van der Waals surface area contributed by atoms with Crippen molar-refractivity contribution in [2.75, 3.05) is 14.2 Å². The quantitative estimate of drug-likeness (QED) is 0.900. The van der Waals surface area contributed by atoms with E-state index in [-0.39, 0.29) is 16.9 Å². The Hall–Kier alpha value is -1.58. The maximum atomic E-state index is 13.5. The van der Waals surface area contributed by atoms with Crippen LogP contribution >= 0.6 is 11.6 Å². The number of likely N-dealkylation sites (N-methyl/N-ethyl adjacent to an activating group) is 1. The molecule has 1 unspecified atom stereocenters. The van der Waals surface area contributed by atoms with Crippen LogP contribution in [0.15, 0.2) is 42.5 Å². The second-order valence-corrected chi connectivity index (χ2v) is 4.88. The van der Waals surface area contributed by atoms with Gasteiger partial charge in [0.1, 0.15) is 11.6 Å². The molecule has 0 saturated heterocycles. The summed E-state index contributed by atoms with van der Waals surface area (Å²) in [5.74, 6) is 0.415. The number of para-hydroxylation sites is 1. The van der Waals surface area contributed by atoms with Crippen LogP contribution < -0.4 is 10.1 Å². The van der Waals surface area contributed by atoms with Crippen molar-refractivity contribution in [2.45, 2.75) is 12.5 Å². The Balaban J connectivity index is 2.31. The first-order valence-corrected chi connectivity index (χ1v) is 6.78. The maximum absolute atomic E-state index is 13.5. The first kappa shape index (κ1) is 14.8. The summed E-state index contributed by atoms with van der Waals surface area (Å²) in [4.78, 5) is 0. The van der Waals surface area contributed by atoms with Crippen molar-refractivity contribution in [3.8, 4) is 5.75 Å². The molecule has 2 aromatic rings. The van der Waals surface area contributed by atoms with Gasteiger partial charge in [0.05, 0.1) is 12.1 Å². The molecular formula is C16H17ClFNO. The molecule has 0 radical (unpaired) electrons. The summed E-state index contributed by atoms with van der Waals surface area (Å²) in [6, 6.07) is 12.7. The lowest BCUT2D eigenvalue weighted by molar-refractivity contribution is 0.401. The minimum Gasteiger partial charge on any atom is -0.496 e. The van der Waals surface area contributed by atoms with Gasteiger partial charge >= 0.3 is 0 Å². The Morgan fingerprint density at radius 2 is 1.95 bits per heavy atom. The van der Waals surface area contributed by atoms with Crippen LogP contribution in [0, 0.1) is 5.82 Å². The van der Waals surface area contributed by atoms with Crippen molar-refractivity contribution in [1.29, 1.82) is 0 Å². The van der Waals surface area contributed by atoms with Crippen molar-refractivity contribution >= 4 is 11.6 Å². The third-order valence-corrected chi connectivity index (χ3v) is 3.74. The summed E-state index contributed by atoms with van der Waals surface area (Å²) >= 11 is 6.02. The molecule has 0 amide bonds. The summed E-state index contributed by atoms with van der Waals surface area (Å²) in [5, 5.41) is 3.41. The van der Waals surface area contributed by atoms with Crippen molar-refractivity contribution < 1.29 is 9.13 Å². The highest BCUT2D eigenvalue weighted by Crippen LogP contribution is 2.30. The number of rotatable bonds is 5. The normalized spacial score (nSPS) is 12.2. The molecule has 0 aliphatic rings. The Labute approximate surface area is 123 Å². The van der Waals surface area contributed by atoms with E-state index in [0.29, 0.717) is 6.42 Å². The van der Waals surface area contributed by atoms with Crippen LogP contribution in [0.25, 0.3) is 0 Å². The molecular weight excluding hydrogens is 277 g/mol. The van der Waals surface area contributed by atoms with E-state index in [0.717, 1.165) is 16.9 Å². The molecule has 1 N–H and O–H groups in total. The lowest BCUT2D eigenvalue weighted by atomic mass is 9.98. The minimum atomic E-state index is -0.390. The molecule has 2 rings (SSSR count). The molecule has 0 heterocycles. The molecule has 0 fully saturated rings. The fraction of sp³-hybridized carbons (Fsp3) is 0.250. The average Bonchev–Trinajstić information content (AvgIpc) is 2.49. The second-order valence-electron chi connectivity index (χ2n) is 4.50. The van der Waals surface area contributed by atoms with Gasteiger partial charge in [-0.25, -0.2) is 4.39 Å². The highest BCUT2D eigenvalue weighted by Gasteiger charge is 2.17. The Kier molecular flexibility index (Phi) is 4.99. The van der Waals surface area contributed by atoms with E-state index in [4.69, 9.17) is 16.3 Å². The van der Waals surface area contributed by atoms with E-state index in [1.54, 1.807) is 13.2 Å². The van der Waals surface area contributed by atoms with Gasteiger partial charge < -0.3 is 10.1 Å². The summed E-state index contributed by atoms with van der Waals surface area (Å²) in [5.41, 5.74) is 1.80. The van der Waals surface area contributed by atoms with Gasteiger partial charge in [0.15, 0.2) is 0 Å². The molecule has 0 aliphatic carbocycles. The standard InChI is InChI=1S/C16H17ClFNO/c1-19-14(12-7-3-4-9-15(12)20-2)10-11-6-5-8-13(18)16(11)17/h3-9,14,19H,10H2,1-2H3. The van der Waals surface area contributed by atoms with E-state index >= 15 is 0 Å². The first-order chi connectivity index (χ1) is 9.67. The van der Waals surface area contributed by atoms with Crippen LogP contribution in [0.1, 0.15) is 17.2 Å². The van der Waals surface area contributed by atoms with E-state index in [1.165, 1.54) is 6.07 Å². The molecule has 0 bridgehead atoms. The molecule has 0 spiro atoms. The van der Waals surface area contributed by atoms with Gasteiger partial charge in [0.25, 0.3) is 0 Å².